The second-order valence-electron chi connectivity index (χ2n) is 2.49. The number of pyridine rings is 1. The van der Waals surface area contributed by atoms with Gasteiger partial charge in [-0.3, -0.25) is 0 Å². The summed E-state index contributed by atoms with van der Waals surface area (Å²) in [5.74, 6) is 0. The van der Waals surface area contributed by atoms with Crippen LogP contribution < -0.4 is 5.14 Å². The molecule has 0 aliphatic carbocycles. The van der Waals surface area contributed by atoms with Crippen molar-refractivity contribution in [2.75, 3.05) is 0 Å². The molecule has 0 aliphatic rings. The molecule has 0 radical (unpaired) electrons. The molecule has 0 aromatic carbocycles. The van der Waals surface area contributed by atoms with Crippen molar-refractivity contribution in [2.45, 2.75) is 11.5 Å². The monoisotopic (exact) mass is 320 g/mol. The second kappa shape index (κ2) is 4.28. The third kappa shape index (κ3) is 2.83. The fourth-order valence-electron chi connectivity index (χ4n) is 0.785. The number of hydrogen-bond acceptors (Lipinski definition) is 3. The Morgan fingerprint density at radius 2 is 2.07 bits per heavy atom. The van der Waals surface area contributed by atoms with Crippen LogP contribution in [0.3, 0.4) is 0 Å². The van der Waals surface area contributed by atoms with Crippen LogP contribution in [0, 0.1) is 0 Å². The molecule has 1 aromatic rings. The lowest BCUT2D eigenvalue weighted by molar-refractivity contribution is 0.144. The lowest BCUT2D eigenvalue weighted by atomic mass is 10.4. The van der Waals surface area contributed by atoms with E-state index in [1.807, 2.05) is 0 Å². The van der Waals surface area contributed by atoms with E-state index in [0.717, 1.165) is 6.07 Å². The Hall–Kier alpha value is -0.310. The SMILES string of the molecule is NS(=O)(=O)c1cc(Cl)c(Br)c(C(F)F)n1. The third-order valence-corrected chi connectivity index (χ3v) is 3.57. The number of alkyl halides is 2. The van der Waals surface area contributed by atoms with Gasteiger partial charge in [-0.2, -0.15) is 0 Å². The van der Waals surface area contributed by atoms with E-state index in [-0.39, 0.29) is 9.50 Å². The van der Waals surface area contributed by atoms with Crippen molar-refractivity contribution >= 4 is 37.6 Å². The van der Waals surface area contributed by atoms with Gasteiger partial charge in [-0.1, -0.05) is 11.6 Å². The molecule has 2 N–H and O–H groups in total. The smallest absolute Gasteiger partial charge is 0.233 e. The minimum Gasteiger partial charge on any atom is -0.233 e. The number of nitrogens with two attached hydrogens (primary N) is 1. The number of primary sulfonamides is 1. The highest BCUT2D eigenvalue weighted by Gasteiger charge is 2.21. The summed E-state index contributed by atoms with van der Waals surface area (Å²) in [6, 6.07) is 0.896. The quantitative estimate of drug-likeness (QED) is 0.906. The number of halogens is 4. The number of nitrogens with zero attached hydrogens (tertiary/aromatic N) is 1. The largest absolute Gasteiger partial charge is 0.281 e. The average molecular weight is 322 g/mol. The second-order valence-corrected chi connectivity index (χ2v) is 5.20. The summed E-state index contributed by atoms with van der Waals surface area (Å²) in [5.41, 5.74) is -0.758. The van der Waals surface area contributed by atoms with E-state index >= 15 is 0 Å². The zero-order chi connectivity index (χ0) is 11.8. The summed E-state index contributed by atoms with van der Waals surface area (Å²) in [5, 5.41) is 3.86. The molecular weight excluding hydrogens is 317 g/mol. The standard InChI is InChI=1S/C6H4BrClF2N2O2S/c7-4-2(8)1-3(15(11,13)14)12-5(4)6(9)10/h1,6H,(H2,11,13,14). The molecule has 0 saturated carbocycles. The van der Waals surface area contributed by atoms with Crippen LogP contribution in [0.15, 0.2) is 15.6 Å². The lowest BCUT2D eigenvalue weighted by Crippen LogP contribution is -2.15. The van der Waals surface area contributed by atoms with Crippen LogP contribution in [0.5, 0.6) is 0 Å². The first kappa shape index (κ1) is 12.8. The zero-order valence-electron chi connectivity index (χ0n) is 6.92. The number of aromatic nitrogens is 1. The van der Waals surface area contributed by atoms with Crippen LogP contribution in [0.25, 0.3) is 0 Å². The van der Waals surface area contributed by atoms with Crippen molar-refractivity contribution in [1.82, 2.24) is 4.98 Å². The van der Waals surface area contributed by atoms with Crippen molar-refractivity contribution in [3.8, 4) is 0 Å². The van der Waals surface area contributed by atoms with Gasteiger partial charge in [-0.15, -0.1) is 0 Å². The molecule has 0 saturated heterocycles. The minimum absolute atomic E-state index is 0.147. The third-order valence-electron chi connectivity index (χ3n) is 1.41. The first-order valence-corrected chi connectivity index (χ1v) is 6.12. The van der Waals surface area contributed by atoms with Gasteiger partial charge < -0.3 is 0 Å². The normalized spacial score (nSPS) is 12.1. The summed E-state index contributed by atoms with van der Waals surface area (Å²) < 4.78 is 46.4. The molecule has 9 heteroatoms. The molecule has 84 valence electrons. The van der Waals surface area contributed by atoms with Gasteiger partial charge in [0.25, 0.3) is 16.4 Å². The fraction of sp³-hybridized carbons (Fsp3) is 0.167. The Balaban J connectivity index is 3.50. The van der Waals surface area contributed by atoms with Crippen LogP contribution in [0.4, 0.5) is 8.78 Å². The molecule has 1 heterocycles. The van der Waals surface area contributed by atoms with E-state index in [1.165, 1.54) is 0 Å². The highest BCUT2D eigenvalue weighted by atomic mass is 79.9. The van der Waals surface area contributed by atoms with Crippen LogP contribution in [0.1, 0.15) is 12.1 Å². The van der Waals surface area contributed by atoms with Crippen LogP contribution in [0.2, 0.25) is 5.02 Å². The van der Waals surface area contributed by atoms with Crippen molar-refractivity contribution in [2.24, 2.45) is 5.14 Å². The molecule has 0 fully saturated rings. The van der Waals surface area contributed by atoms with Crippen molar-refractivity contribution in [3.63, 3.8) is 0 Å². The van der Waals surface area contributed by atoms with Gasteiger partial charge >= 0.3 is 0 Å². The Morgan fingerprint density at radius 3 is 2.47 bits per heavy atom. The topological polar surface area (TPSA) is 73.1 Å². The molecule has 0 bridgehead atoms. The molecule has 0 amide bonds. The van der Waals surface area contributed by atoms with Crippen molar-refractivity contribution in [1.29, 1.82) is 0 Å². The zero-order valence-corrected chi connectivity index (χ0v) is 10.1. The van der Waals surface area contributed by atoms with Gasteiger partial charge in [-0.25, -0.2) is 27.3 Å². The lowest BCUT2D eigenvalue weighted by Gasteiger charge is -2.06. The van der Waals surface area contributed by atoms with Gasteiger partial charge in [-0.05, 0) is 22.0 Å². The maximum atomic E-state index is 12.4. The summed E-state index contributed by atoms with van der Waals surface area (Å²) in [4.78, 5) is 3.21. The molecule has 4 nitrogen and oxygen atoms in total. The number of sulfonamides is 1. The van der Waals surface area contributed by atoms with Crippen molar-refractivity contribution < 1.29 is 17.2 Å². The summed E-state index contributed by atoms with van der Waals surface area (Å²) in [6.07, 6.45) is -2.95. The summed E-state index contributed by atoms with van der Waals surface area (Å²) in [7, 11) is -4.15. The molecule has 15 heavy (non-hydrogen) atoms. The fourth-order valence-corrected chi connectivity index (χ4v) is 1.93. The van der Waals surface area contributed by atoms with Crippen LogP contribution >= 0.6 is 27.5 Å². The van der Waals surface area contributed by atoms with Gasteiger partial charge in [0.1, 0.15) is 5.69 Å². The van der Waals surface area contributed by atoms with Gasteiger partial charge in [0.2, 0.25) is 0 Å². The highest BCUT2D eigenvalue weighted by Crippen LogP contribution is 2.32. The Labute approximate surface area is 97.6 Å². The predicted octanol–water partition coefficient (Wildman–Crippen LogP) is 2.08. The molecule has 1 rings (SSSR count). The van der Waals surface area contributed by atoms with Gasteiger partial charge in [0.05, 0.1) is 9.50 Å². The predicted molar refractivity (Wildman–Crippen MR) is 53.3 cm³/mol. The van der Waals surface area contributed by atoms with Crippen LogP contribution in [-0.4, -0.2) is 13.4 Å². The molecule has 1 aromatic heterocycles. The van der Waals surface area contributed by atoms with E-state index in [4.69, 9.17) is 16.7 Å². The van der Waals surface area contributed by atoms with E-state index in [9.17, 15) is 17.2 Å². The molecular formula is C6H4BrClF2N2O2S. The molecule has 0 atom stereocenters. The maximum Gasteiger partial charge on any atom is 0.281 e. The molecule has 0 aliphatic heterocycles. The Kier molecular flexibility index (Phi) is 3.64. The maximum absolute atomic E-state index is 12.4. The first-order valence-electron chi connectivity index (χ1n) is 3.40. The summed E-state index contributed by atoms with van der Waals surface area (Å²) in [6.45, 7) is 0. The van der Waals surface area contributed by atoms with E-state index < -0.39 is 27.2 Å². The summed E-state index contributed by atoms with van der Waals surface area (Å²) >= 11 is 8.30. The average Bonchev–Trinajstić information content (AvgIpc) is 2.06. The van der Waals surface area contributed by atoms with Crippen LogP contribution in [-0.2, 0) is 10.0 Å². The number of hydrogen-bond donors (Lipinski definition) is 1. The van der Waals surface area contributed by atoms with Gasteiger partial charge in [0, 0.05) is 0 Å². The van der Waals surface area contributed by atoms with E-state index in [1.54, 1.807) is 0 Å². The molecule has 0 unspecified atom stereocenters. The highest BCUT2D eigenvalue weighted by molar-refractivity contribution is 9.10. The minimum atomic E-state index is -4.15. The molecule has 0 spiro atoms. The van der Waals surface area contributed by atoms with E-state index in [0.29, 0.717) is 0 Å². The first-order chi connectivity index (χ1) is 6.73. The number of rotatable bonds is 2. The van der Waals surface area contributed by atoms with E-state index in [2.05, 4.69) is 20.9 Å². The van der Waals surface area contributed by atoms with Gasteiger partial charge in [0.15, 0.2) is 5.03 Å². The Morgan fingerprint density at radius 1 is 1.53 bits per heavy atom. The van der Waals surface area contributed by atoms with Crippen molar-refractivity contribution in [3.05, 3.63) is 21.3 Å². The Bertz CT molecular complexity index is 494.